The lowest BCUT2D eigenvalue weighted by Crippen LogP contribution is -2.45. The van der Waals surface area contributed by atoms with Gasteiger partial charge in [0.15, 0.2) is 0 Å². The Kier molecular flexibility index (Phi) is 2.91. The first-order chi connectivity index (χ1) is 10.0. The lowest BCUT2D eigenvalue weighted by molar-refractivity contribution is -0.0286. The van der Waals surface area contributed by atoms with Gasteiger partial charge in [-0.25, -0.2) is 0 Å². The van der Waals surface area contributed by atoms with Crippen molar-refractivity contribution >= 4 is 0 Å². The molecule has 21 heavy (non-hydrogen) atoms. The number of hydrogen-bond acceptors (Lipinski definition) is 2. The number of aliphatic hydroxyl groups excluding tert-OH is 1. The first kappa shape index (κ1) is 13.6. The van der Waals surface area contributed by atoms with Crippen molar-refractivity contribution < 1.29 is 10.2 Å². The topological polar surface area (TPSA) is 40.5 Å². The van der Waals surface area contributed by atoms with Gasteiger partial charge < -0.3 is 10.2 Å². The summed E-state index contributed by atoms with van der Waals surface area (Å²) in [5.74, 6) is 3.05. The summed E-state index contributed by atoms with van der Waals surface area (Å²) < 4.78 is 0. The van der Waals surface area contributed by atoms with Crippen molar-refractivity contribution in [3.05, 3.63) is 29.3 Å². The minimum absolute atomic E-state index is 0.111. The number of phenolic OH excluding ortho intramolecular Hbond substituents is 1. The summed E-state index contributed by atoms with van der Waals surface area (Å²) in [6, 6.07) is 5.97. The summed E-state index contributed by atoms with van der Waals surface area (Å²) in [4.78, 5) is 0. The van der Waals surface area contributed by atoms with Crippen LogP contribution in [0, 0.1) is 23.2 Å². The Bertz CT molecular complexity index is 567. The number of hydrogen-bond donors (Lipinski definition) is 2. The van der Waals surface area contributed by atoms with Gasteiger partial charge in [-0.15, -0.1) is 0 Å². The molecule has 2 N–H and O–H groups in total. The second kappa shape index (κ2) is 4.49. The quantitative estimate of drug-likeness (QED) is 0.760. The molecule has 0 spiro atoms. The Hall–Kier alpha value is -1.02. The van der Waals surface area contributed by atoms with E-state index in [1.807, 2.05) is 12.1 Å². The third-order valence-corrected chi connectivity index (χ3v) is 6.98. The van der Waals surface area contributed by atoms with Gasteiger partial charge in [0, 0.05) is 0 Å². The van der Waals surface area contributed by atoms with Gasteiger partial charge in [0.05, 0.1) is 6.10 Å². The van der Waals surface area contributed by atoms with Gasteiger partial charge >= 0.3 is 0 Å². The van der Waals surface area contributed by atoms with Crippen LogP contribution in [-0.4, -0.2) is 16.3 Å². The van der Waals surface area contributed by atoms with Crippen LogP contribution in [0.15, 0.2) is 18.2 Å². The van der Waals surface area contributed by atoms with Crippen molar-refractivity contribution in [2.24, 2.45) is 23.2 Å². The highest BCUT2D eigenvalue weighted by atomic mass is 16.3. The number of aromatic hydroxyl groups is 1. The largest absolute Gasteiger partial charge is 0.508 e. The van der Waals surface area contributed by atoms with Gasteiger partial charge in [-0.2, -0.15) is 0 Å². The standard InChI is InChI=1S/C19H26O2/c1-11-9-17(21)19(2)8-7-15-14-6-4-13(20)10-12(14)3-5-16(15)18(11)19/h4,6,10-11,15-18,20-21H,3,5,7-9H2,1-2H3. The van der Waals surface area contributed by atoms with Crippen LogP contribution in [0.4, 0.5) is 0 Å². The third-order valence-electron chi connectivity index (χ3n) is 6.98. The van der Waals surface area contributed by atoms with Gasteiger partial charge in [-0.3, -0.25) is 0 Å². The maximum Gasteiger partial charge on any atom is 0.115 e. The summed E-state index contributed by atoms with van der Waals surface area (Å²) in [6.07, 6.45) is 5.51. The van der Waals surface area contributed by atoms with E-state index in [0.717, 1.165) is 19.3 Å². The summed E-state index contributed by atoms with van der Waals surface area (Å²) >= 11 is 0. The molecule has 2 heteroatoms. The smallest absolute Gasteiger partial charge is 0.115 e. The van der Waals surface area contributed by atoms with Crippen molar-refractivity contribution in [2.45, 2.75) is 58.0 Å². The van der Waals surface area contributed by atoms with E-state index in [2.05, 4.69) is 19.9 Å². The van der Waals surface area contributed by atoms with Crippen molar-refractivity contribution in [1.82, 2.24) is 0 Å². The third kappa shape index (κ3) is 1.81. The predicted molar refractivity (Wildman–Crippen MR) is 83.3 cm³/mol. The molecular formula is C19H26O2. The average molecular weight is 286 g/mol. The second-order valence-corrected chi connectivity index (χ2v) is 7.99. The van der Waals surface area contributed by atoms with E-state index < -0.39 is 0 Å². The van der Waals surface area contributed by atoms with E-state index in [-0.39, 0.29) is 11.5 Å². The maximum atomic E-state index is 10.5. The van der Waals surface area contributed by atoms with E-state index in [9.17, 15) is 10.2 Å². The number of aryl methyl sites for hydroxylation is 1. The minimum atomic E-state index is -0.111. The summed E-state index contributed by atoms with van der Waals surface area (Å²) in [7, 11) is 0. The lowest BCUT2D eigenvalue weighted by Gasteiger charge is -2.51. The SMILES string of the molecule is CC1CC(O)C2(C)CCC3c4ccc(O)cc4CCC3C12. The highest BCUT2D eigenvalue weighted by Crippen LogP contribution is 2.62. The molecule has 0 radical (unpaired) electrons. The number of fused-ring (bicyclic) bond motifs is 5. The van der Waals surface area contributed by atoms with Crippen molar-refractivity contribution in [2.75, 3.05) is 0 Å². The van der Waals surface area contributed by atoms with Gasteiger partial charge in [0.1, 0.15) is 5.75 Å². The Morgan fingerprint density at radius 2 is 2.05 bits per heavy atom. The molecule has 2 nitrogen and oxygen atoms in total. The van der Waals surface area contributed by atoms with Crippen molar-refractivity contribution in [1.29, 1.82) is 0 Å². The molecule has 6 atom stereocenters. The predicted octanol–water partition coefficient (Wildman–Crippen LogP) is 3.86. The van der Waals surface area contributed by atoms with Crippen LogP contribution >= 0.6 is 0 Å². The molecule has 1 aromatic carbocycles. The zero-order chi connectivity index (χ0) is 14.8. The molecule has 0 heterocycles. The van der Waals surface area contributed by atoms with E-state index >= 15 is 0 Å². The molecule has 2 fully saturated rings. The molecule has 0 saturated heterocycles. The van der Waals surface area contributed by atoms with Gasteiger partial charge in [0.2, 0.25) is 0 Å². The first-order valence-corrected chi connectivity index (χ1v) is 8.50. The number of aliphatic hydroxyl groups is 1. The molecule has 6 unspecified atom stereocenters. The summed E-state index contributed by atoms with van der Waals surface area (Å²) in [5, 5.41) is 20.3. The highest BCUT2D eigenvalue weighted by molar-refractivity contribution is 5.40. The van der Waals surface area contributed by atoms with Crippen LogP contribution in [-0.2, 0) is 6.42 Å². The molecule has 0 aliphatic heterocycles. The fourth-order valence-corrected chi connectivity index (χ4v) is 6.07. The summed E-state index contributed by atoms with van der Waals surface area (Å²) in [5.41, 5.74) is 2.96. The molecule has 3 aliphatic carbocycles. The van der Waals surface area contributed by atoms with E-state index in [4.69, 9.17) is 0 Å². The van der Waals surface area contributed by atoms with Gasteiger partial charge in [-0.1, -0.05) is 19.9 Å². The van der Waals surface area contributed by atoms with Crippen molar-refractivity contribution in [3.8, 4) is 5.75 Å². The Morgan fingerprint density at radius 1 is 1.24 bits per heavy atom. The van der Waals surface area contributed by atoms with Crippen LogP contribution in [0.2, 0.25) is 0 Å². The van der Waals surface area contributed by atoms with Crippen LogP contribution < -0.4 is 0 Å². The molecule has 114 valence electrons. The number of rotatable bonds is 0. The Labute approximate surface area is 127 Å². The Balaban J connectivity index is 1.73. The number of benzene rings is 1. The van der Waals surface area contributed by atoms with Gasteiger partial charge in [-0.05, 0) is 84.5 Å². The van der Waals surface area contributed by atoms with Crippen molar-refractivity contribution in [3.63, 3.8) is 0 Å². The van der Waals surface area contributed by atoms with Crippen LogP contribution in [0.3, 0.4) is 0 Å². The second-order valence-electron chi connectivity index (χ2n) is 7.99. The molecule has 0 aromatic heterocycles. The fourth-order valence-electron chi connectivity index (χ4n) is 6.07. The minimum Gasteiger partial charge on any atom is -0.508 e. The molecule has 3 aliphatic rings. The molecular weight excluding hydrogens is 260 g/mol. The first-order valence-electron chi connectivity index (χ1n) is 8.50. The highest BCUT2D eigenvalue weighted by Gasteiger charge is 2.57. The maximum absolute atomic E-state index is 10.5. The van der Waals surface area contributed by atoms with Gasteiger partial charge in [0.25, 0.3) is 0 Å². The monoisotopic (exact) mass is 286 g/mol. The molecule has 0 bridgehead atoms. The van der Waals surface area contributed by atoms with E-state index in [0.29, 0.717) is 29.4 Å². The zero-order valence-corrected chi connectivity index (χ0v) is 13.0. The zero-order valence-electron chi connectivity index (χ0n) is 13.0. The average Bonchev–Trinajstić information content (AvgIpc) is 2.68. The summed E-state index contributed by atoms with van der Waals surface area (Å²) in [6.45, 7) is 4.67. The number of phenols is 1. The molecule has 2 saturated carbocycles. The van der Waals surface area contributed by atoms with E-state index in [1.165, 1.54) is 24.0 Å². The van der Waals surface area contributed by atoms with E-state index in [1.54, 1.807) is 0 Å². The van der Waals surface area contributed by atoms with Crippen LogP contribution in [0.1, 0.15) is 56.6 Å². The normalized spacial score (nSPS) is 44.8. The molecule has 1 aromatic rings. The fraction of sp³-hybridized carbons (Fsp3) is 0.684. The molecule has 0 amide bonds. The lowest BCUT2D eigenvalue weighted by atomic mass is 9.54. The molecule has 4 rings (SSSR count). The van der Waals surface area contributed by atoms with Crippen LogP contribution in [0.25, 0.3) is 0 Å². The van der Waals surface area contributed by atoms with Crippen LogP contribution in [0.5, 0.6) is 5.75 Å². The Morgan fingerprint density at radius 3 is 2.86 bits per heavy atom.